The molecule has 2 aromatic heterocycles. The predicted octanol–water partition coefficient (Wildman–Crippen LogP) is 0.956. The van der Waals surface area contributed by atoms with E-state index < -0.39 is 0 Å². The van der Waals surface area contributed by atoms with Gasteiger partial charge < -0.3 is 9.80 Å². The van der Waals surface area contributed by atoms with Gasteiger partial charge in [-0.3, -0.25) is 19.0 Å². The Morgan fingerprint density at radius 3 is 2.78 bits per heavy atom. The molecule has 3 heterocycles. The van der Waals surface area contributed by atoms with Gasteiger partial charge in [0, 0.05) is 39.4 Å². The highest BCUT2D eigenvalue weighted by Gasteiger charge is 2.27. The summed E-state index contributed by atoms with van der Waals surface area (Å²) in [6.45, 7) is 3.60. The van der Waals surface area contributed by atoms with E-state index in [2.05, 4.69) is 15.4 Å². The molecule has 1 fully saturated rings. The monoisotopic (exact) mass is 373 g/mol. The number of hydrogen-bond acceptors (Lipinski definition) is 5. The van der Waals surface area contributed by atoms with Crippen molar-refractivity contribution in [1.29, 1.82) is 0 Å². The molecule has 1 aliphatic heterocycles. The van der Waals surface area contributed by atoms with Crippen molar-refractivity contribution in [3.05, 3.63) is 29.8 Å². The van der Waals surface area contributed by atoms with Gasteiger partial charge in [0.2, 0.25) is 5.91 Å². The third-order valence-electron chi connectivity index (χ3n) is 4.87. The first-order valence-corrected chi connectivity index (χ1v) is 9.35. The molecule has 3 rings (SSSR count). The molecule has 0 bridgehead atoms. The van der Waals surface area contributed by atoms with E-state index in [1.807, 2.05) is 24.1 Å². The Hall–Kier alpha value is -2.71. The van der Waals surface area contributed by atoms with Crippen LogP contribution in [0, 0.1) is 6.92 Å². The third-order valence-corrected chi connectivity index (χ3v) is 4.87. The molecule has 1 aliphatic rings. The van der Waals surface area contributed by atoms with Gasteiger partial charge >= 0.3 is 0 Å². The highest BCUT2D eigenvalue weighted by atomic mass is 16.2. The van der Waals surface area contributed by atoms with Gasteiger partial charge in [-0.2, -0.15) is 5.10 Å². The van der Waals surface area contributed by atoms with Crippen molar-refractivity contribution >= 4 is 11.8 Å². The number of likely N-dealkylation sites (tertiary alicyclic amines) is 1. The zero-order valence-corrected chi connectivity index (χ0v) is 16.2. The molecule has 0 N–H and O–H groups in total. The molecule has 2 aromatic rings. The number of piperidine rings is 1. The van der Waals surface area contributed by atoms with Crippen molar-refractivity contribution in [3.8, 4) is 0 Å². The smallest absolute Gasteiger partial charge is 0.275 e. The van der Waals surface area contributed by atoms with E-state index in [4.69, 9.17) is 0 Å². The molecule has 0 aliphatic carbocycles. The van der Waals surface area contributed by atoms with E-state index in [0.29, 0.717) is 12.2 Å². The first kappa shape index (κ1) is 19.1. The van der Waals surface area contributed by atoms with Crippen LogP contribution in [0.4, 0.5) is 0 Å². The maximum atomic E-state index is 12.7. The Morgan fingerprint density at radius 1 is 1.26 bits per heavy atom. The fourth-order valence-corrected chi connectivity index (χ4v) is 3.43. The van der Waals surface area contributed by atoms with Crippen LogP contribution in [0.5, 0.6) is 0 Å². The van der Waals surface area contributed by atoms with Crippen molar-refractivity contribution in [2.24, 2.45) is 0 Å². The summed E-state index contributed by atoms with van der Waals surface area (Å²) in [5.41, 5.74) is 1.25. The average Bonchev–Trinajstić information content (AvgIpc) is 3.28. The van der Waals surface area contributed by atoms with E-state index in [9.17, 15) is 9.59 Å². The summed E-state index contributed by atoms with van der Waals surface area (Å²) in [7, 11) is 3.38. The van der Waals surface area contributed by atoms with Crippen LogP contribution in [-0.2, 0) is 17.9 Å². The summed E-state index contributed by atoms with van der Waals surface area (Å²) in [5, 5.41) is 12.3. The molecule has 1 atom stereocenters. The molecule has 2 amide bonds. The first-order chi connectivity index (χ1) is 12.9. The van der Waals surface area contributed by atoms with Crippen molar-refractivity contribution in [1.82, 2.24) is 34.6 Å². The van der Waals surface area contributed by atoms with Crippen LogP contribution in [0.2, 0.25) is 0 Å². The van der Waals surface area contributed by atoms with E-state index in [1.54, 1.807) is 29.7 Å². The minimum absolute atomic E-state index is 0.102. The van der Waals surface area contributed by atoms with Gasteiger partial charge in [0.15, 0.2) is 5.69 Å². The topological polar surface area (TPSA) is 89.2 Å². The van der Waals surface area contributed by atoms with Crippen LogP contribution in [0.25, 0.3) is 0 Å². The highest BCUT2D eigenvalue weighted by molar-refractivity contribution is 5.91. The molecule has 0 aromatic carbocycles. The summed E-state index contributed by atoms with van der Waals surface area (Å²) in [4.78, 5) is 28.1. The molecule has 1 unspecified atom stereocenters. The summed E-state index contributed by atoms with van der Waals surface area (Å²) in [5.74, 6) is -0.0601. The average molecular weight is 373 g/mol. The van der Waals surface area contributed by atoms with Crippen molar-refractivity contribution < 1.29 is 9.59 Å². The van der Waals surface area contributed by atoms with Gasteiger partial charge in [0.25, 0.3) is 5.91 Å². The molecular weight excluding hydrogens is 346 g/mol. The lowest BCUT2D eigenvalue weighted by Crippen LogP contribution is -2.45. The summed E-state index contributed by atoms with van der Waals surface area (Å²) >= 11 is 0. The normalized spacial score (nSPS) is 17.1. The van der Waals surface area contributed by atoms with Crippen LogP contribution < -0.4 is 0 Å². The lowest BCUT2D eigenvalue weighted by Gasteiger charge is -2.36. The Morgan fingerprint density at radius 2 is 2.07 bits per heavy atom. The van der Waals surface area contributed by atoms with Gasteiger partial charge in [-0.25, -0.2) is 0 Å². The zero-order valence-electron chi connectivity index (χ0n) is 16.2. The number of nitrogens with zero attached hydrogens (tertiary/aromatic N) is 7. The lowest BCUT2D eigenvalue weighted by molar-refractivity contribution is -0.136. The minimum Gasteiger partial charge on any atom is -0.343 e. The number of carbonyl (C=O) groups is 2. The SMILES string of the molecule is Cc1ccn(CC(=O)N2CCCCC2CCn2cc(C(=O)N(C)C)nn2)n1. The van der Waals surface area contributed by atoms with Gasteiger partial charge in [-0.1, -0.05) is 5.21 Å². The van der Waals surface area contributed by atoms with Crippen molar-refractivity contribution in [3.63, 3.8) is 0 Å². The van der Waals surface area contributed by atoms with Gasteiger partial charge in [-0.05, 0) is 38.7 Å². The Labute approximate surface area is 158 Å². The van der Waals surface area contributed by atoms with E-state index in [-0.39, 0.29) is 24.4 Å². The van der Waals surface area contributed by atoms with Crippen molar-refractivity contribution in [2.45, 2.75) is 51.7 Å². The number of hydrogen-bond donors (Lipinski definition) is 0. The Kier molecular flexibility index (Phi) is 5.88. The standard InChI is InChI=1S/C18H27N7O2/c1-14-7-10-23(20-14)13-17(26)25-9-5-4-6-15(25)8-11-24-12-16(19-21-24)18(27)22(2)3/h7,10,12,15H,4-6,8-9,11,13H2,1-3H3. The fourth-order valence-electron chi connectivity index (χ4n) is 3.43. The summed E-state index contributed by atoms with van der Waals surface area (Å²) in [6.07, 6.45) is 7.45. The molecule has 9 nitrogen and oxygen atoms in total. The Bertz CT molecular complexity index is 795. The molecule has 146 valence electrons. The van der Waals surface area contributed by atoms with Crippen LogP contribution in [0.1, 0.15) is 41.9 Å². The number of aromatic nitrogens is 5. The van der Waals surface area contributed by atoms with Crippen molar-refractivity contribution in [2.75, 3.05) is 20.6 Å². The molecule has 1 saturated heterocycles. The quantitative estimate of drug-likeness (QED) is 0.752. The number of rotatable bonds is 6. The Balaban J connectivity index is 1.59. The number of aryl methyl sites for hydroxylation is 2. The van der Waals surface area contributed by atoms with Gasteiger partial charge in [0.05, 0.1) is 11.9 Å². The molecule has 27 heavy (non-hydrogen) atoms. The second kappa shape index (κ2) is 8.32. The van der Waals surface area contributed by atoms with E-state index in [1.165, 1.54) is 4.90 Å². The van der Waals surface area contributed by atoms with Crippen LogP contribution in [0.15, 0.2) is 18.5 Å². The van der Waals surface area contributed by atoms with Crippen LogP contribution >= 0.6 is 0 Å². The second-order valence-corrected chi connectivity index (χ2v) is 7.25. The first-order valence-electron chi connectivity index (χ1n) is 9.35. The molecule has 0 saturated carbocycles. The third kappa shape index (κ3) is 4.72. The lowest BCUT2D eigenvalue weighted by atomic mass is 9.99. The maximum Gasteiger partial charge on any atom is 0.275 e. The summed E-state index contributed by atoms with van der Waals surface area (Å²) in [6, 6.07) is 2.08. The van der Waals surface area contributed by atoms with Gasteiger partial charge in [0.1, 0.15) is 6.54 Å². The van der Waals surface area contributed by atoms with E-state index >= 15 is 0 Å². The van der Waals surface area contributed by atoms with Crippen LogP contribution in [0.3, 0.4) is 0 Å². The van der Waals surface area contributed by atoms with Gasteiger partial charge in [-0.15, -0.1) is 5.10 Å². The number of amides is 2. The highest BCUT2D eigenvalue weighted by Crippen LogP contribution is 2.21. The zero-order chi connectivity index (χ0) is 19.4. The molecule has 0 spiro atoms. The molecule has 9 heteroatoms. The fraction of sp³-hybridized carbons (Fsp3) is 0.611. The predicted molar refractivity (Wildman–Crippen MR) is 99.0 cm³/mol. The largest absolute Gasteiger partial charge is 0.343 e. The minimum atomic E-state index is -0.162. The number of carbonyl (C=O) groups excluding carboxylic acids is 2. The molecule has 0 radical (unpaired) electrons. The maximum absolute atomic E-state index is 12.7. The second-order valence-electron chi connectivity index (χ2n) is 7.25. The van der Waals surface area contributed by atoms with Crippen LogP contribution in [-0.4, -0.2) is 73.1 Å². The summed E-state index contributed by atoms with van der Waals surface area (Å²) < 4.78 is 3.38. The molecular formula is C18H27N7O2. The van der Waals surface area contributed by atoms with E-state index in [0.717, 1.165) is 37.9 Å².